The van der Waals surface area contributed by atoms with Crippen LogP contribution in [0, 0.1) is 0 Å². The van der Waals surface area contributed by atoms with Gasteiger partial charge in [0.25, 0.3) is 0 Å². The fourth-order valence-corrected chi connectivity index (χ4v) is 3.14. The second-order valence-electron chi connectivity index (χ2n) is 5.67. The Hall–Kier alpha value is -0.970. The SMILES string of the molecule is CCc1cc(C2CCOC2)n(C2CCC(F)(F)C2)n1. The lowest BCUT2D eigenvalue weighted by atomic mass is 10.0. The Morgan fingerprint density at radius 3 is 2.89 bits per heavy atom. The molecule has 106 valence electrons. The van der Waals surface area contributed by atoms with Gasteiger partial charge >= 0.3 is 0 Å². The maximum atomic E-state index is 13.4. The minimum Gasteiger partial charge on any atom is -0.381 e. The summed E-state index contributed by atoms with van der Waals surface area (Å²) in [6.07, 6.45) is 2.26. The molecule has 0 radical (unpaired) electrons. The molecule has 2 aliphatic rings. The van der Waals surface area contributed by atoms with Crippen LogP contribution in [0.25, 0.3) is 0 Å². The molecule has 3 rings (SSSR count). The molecule has 1 saturated carbocycles. The van der Waals surface area contributed by atoms with Crippen LogP contribution in [0.2, 0.25) is 0 Å². The lowest BCUT2D eigenvalue weighted by Gasteiger charge is -2.17. The summed E-state index contributed by atoms with van der Waals surface area (Å²) in [7, 11) is 0. The van der Waals surface area contributed by atoms with Gasteiger partial charge in [-0.3, -0.25) is 4.68 Å². The molecule has 2 unspecified atom stereocenters. The van der Waals surface area contributed by atoms with Gasteiger partial charge in [0.2, 0.25) is 5.92 Å². The van der Waals surface area contributed by atoms with Gasteiger partial charge in [0, 0.05) is 31.1 Å². The van der Waals surface area contributed by atoms with Gasteiger partial charge in [-0.05, 0) is 25.3 Å². The van der Waals surface area contributed by atoms with Crippen LogP contribution in [0.4, 0.5) is 8.78 Å². The highest BCUT2D eigenvalue weighted by atomic mass is 19.3. The molecule has 19 heavy (non-hydrogen) atoms. The van der Waals surface area contributed by atoms with Gasteiger partial charge in [0.15, 0.2) is 0 Å². The molecule has 2 heterocycles. The smallest absolute Gasteiger partial charge is 0.250 e. The Bertz CT molecular complexity index is 452. The lowest BCUT2D eigenvalue weighted by Crippen LogP contribution is -2.17. The van der Waals surface area contributed by atoms with Crippen molar-refractivity contribution >= 4 is 0 Å². The van der Waals surface area contributed by atoms with E-state index in [2.05, 4.69) is 11.2 Å². The zero-order valence-corrected chi connectivity index (χ0v) is 11.2. The van der Waals surface area contributed by atoms with E-state index in [9.17, 15) is 8.78 Å². The first-order valence-corrected chi connectivity index (χ1v) is 7.13. The van der Waals surface area contributed by atoms with Gasteiger partial charge in [-0.1, -0.05) is 6.92 Å². The summed E-state index contributed by atoms with van der Waals surface area (Å²) in [4.78, 5) is 0. The first kappa shape index (κ1) is 13.0. The Morgan fingerprint density at radius 2 is 2.32 bits per heavy atom. The van der Waals surface area contributed by atoms with Crippen LogP contribution in [-0.2, 0) is 11.2 Å². The fraction of sp³-hybridized carbons (Fsp3) is 0.786. The van der Waals surface area contributed by atoms with Crippen molar-refractivity contribution in [1.82, 2.24) is 9.78 Å². The van der Waals surface area contributed by atoms with Crippen molar-refractivity contribution in [2.45, 2.75) is 56.9 Å². The minimum atomic E-state index is -2.52. The van der Waals surface area contributed by atoms with E-state index in [4.69, 9.17) is 4.74 Å². The number of rotatable bonds is 3. The third-order valence-corrected chi connectivity index (χ3v) is 4.25. The van der Waals surface area contributed by atoms with Crippen LogP contribution in [0.3, 0.4) is 0 Å². The predicted molar refractivity (Wildman–Crippen MR) is 67.6 cm³/mol. The summed E-state index contributed by atoms with van der Waals surface area (Å²) in [5, 5.41) is 4.55. The van der Waals surface area contributed by atoms with Gasteiger partial charge in [-0.15, -0.1) is 0 Å². The number of aromatic nitrogens is 2. The molecule has 1 aromatic heterocycles. The summed E-state index contributed by atoms with van der Waals surface area (Å²) < 4.78 is 34.1. The van der Waals surface area contributed by atoms with E-state index < -0.39 is 5.92 Å². The molecule has 1 saturated heterocycles. The third-order valence-electron chi connectivity index (χ3n) is 4.25. The quantitative estimate of drug-likeness (QED) is 0.842. The zero-order valence-electron chi connectivity index (χ0n) is 11.2. The average molecular weight is 270 g/mol. The van der Waals surface area contributed by atoms with Crippen molar-refractivity contribution in [2.24, 2.45) is 0 Å². The van der Waals surface area contributed by atoms with Crippen molar-refractivity contribution in [3.05, 3.63) is 17.5 Å². The highest BCUT2D eigenvalue weighted by molar-refractivity contribution is 5.17. The Kier molecular flexibility index (Phi) is 3.33. The van der Waals surface area contributed by atoms with Crippen LogP contribution in [0.5, 0.6) is 0 Å². The van der Waals surface area contributed by atoms with Gasteiger partial charge in [0.05, 0.1) is 18.3 Å². The molecule has 0 spiro atoms. The molecule has 1 aliphatic carbocycles. The molecule has 2 fully saturated rings. The van der Waals surface area contributed by atoms with Crippen LogP contribution < -0.4 is 0 Å². The zero-order chi connectivity index (χ0) is 13.5. The van der Waals surface area contributed by atoms with Crippen LogP contribution in [0.1, 0.15) is 56.0 Å². The topological polar surface area (TPSA) is 27.1 Å². The normalized spacial score (nSPS) is 30.1. The van der Waals surface area contributed by atoms with Gasteiger partial charge in [-0.25, -0.2) is 8.78 Å². The number of nitrogens with zero attached hydrogens (tertiary/aromatic N) is 2. The van der Waals surface area contributed by atoms with E-state index in [0.29, 0.717) is 18.9 Å². The highest BCUT2D eigenvalue weighted by Gasteiger charge is 2.41. The molecule has 5 heteroatoms. The predicted octanol–water partition coefficient (Wildman–Crippen LogP) is 3.31. The van der Waals surface area contributed by atoms with Crippen molar-refractivity contribution in [2.75, 3.05) is 13.2 Å². The van der Waals surface area contributed by atoms with Gasteiger partial charge in [0.1, 0.15) is 0 Å². The number of hydrogen-bond acceptors (Lipinski definition) is 2. The van der Waals surface area contributed by atoms with Crippen LogP contribution in [0.15, 0.2) is 6.07 Å². The van der Waals surface area contributed by atoms with Crippen LogP contribution >= 0.6 is 0 Å². The first-order valence-electron chi connectivity index (χ1n) is 7.13. The molecule has 3 nitrogen and oxygen atoms in total. The molecule has 1 aromatic rings. The standard InChI is InChI=1S/C14H20F2N2O/c1-2-11-7-13(10-4-6-19-9-10)18(17-11)12-3-5-14(15,16)8-12/h7,10,12H,2-6,8-9H2,1H3. The maximum absolute atomic E-state index is 13.4. The van der Waals surface area contributed by atoms with E-state index in [1.165, 1.54) is 0 Å². The molecule has 0 aromatic carbocycles. The second kappa shape index (κ2) is 4.85. The van der Waals surface area contributed by atoms with Crippen molar-refractivity contribution in [1.29, 1.82) is 0 Å². The Morgan fingerprint density at radius 1 is 1.47 bits per heavy atom. The summed E-state index contributed by atoms with van der Waals surface area (Å²) in [6, 6.07) is 1.93. The monoisotopic (exact) mass is 270 g/mol. The maximum Gasteiger partial charge on any atom is 0.250 e. The molecule has 1 aliphatic heterocycles. The molecular formula is C14H20F2N2O. The van der Waals surface area contributed by atoms with Crippen molar-refractivity contribution < 1.29 is 13.5 Å². The van der Waals surface area contributed by atoms with E-state index in [0.717, 1.165) is 30.8 Å². The molecule has 0 N–H and O–H groups in total. The number of alkyl halides is 2. The molecular weight excluding hydrogens is 250 g/mol. The summed E-state index contributed by atoms with van der Waals surface area (Å²) in [5.74, 6) is -2.20. The van der Waals surface area contributed by atoms with Crippen molar-refractivity contribution in [3.63, 3.8) is 0 Å². The van der Waals surface area contributed by atoms with E-state index in [-0.39, 0.29) is 18.9 Å². The lowest BCUT2D eigenvalue weighted by molar-refractivity contribution is 0.00503. The Balaban J connectivity index is 1.89. The van der Waals surface area contributed by atoms with Crippen LogP contribution in [-0.4, -0.2) is 28.9 Å². The van der Waals surface area contributed by atoms with Gasteiger partial charge in [-0.2, -0.15) is 5.10 Å². The van der Waals surface area contributed by atoms with E-state index in [1.807, 2.05) is 11.6 Å². The molecule has 2 atom stereocenters. The van der Waals surface area contributed by atoms with E-state index >= 15 is 0 Å². The average Bonchev–Trinajstić information content (AvgIpc) is 3.05. The second-order valence-corrected chi connectivity index (χ2v) is 5.67. The summed E-state index contributed by atoms with van der Waals surface area (Å²) in [5.41, 5.74) is 2.09. The highest BCUT2D eigenvalue weighted by Crippen LogP contribution is 2.43. The molecule has 0 bridgehead atoms. The van der Waals surface area contributed by atoms with Gasteiger partial charge < -0.3 is 4.74 Å². The first-order chi connectivity index (χ1) is 9.09. The minimum absolute atomic E-state index is 0.0143. The Labute approximate surface area is 111 Å². The molecule has 0 amide bonds. The summed E-state index contributed by atoms with van der Waals surface area (Å²) >= 11 is 0. The van der Waals surface area contributed by atoms with Crippen molar-refractivity contribution in [3.8, 4) is 0 Å². The van der Waals surface area contributed by atoms with E-state index in [1.54, 1.807) is 0 Å². The largest absolute Gasteiger partial charge is 0.381 e. The number of aryl methyl sites for hydroxylation is 1. The third kappa shape index (κ3) is 2.53. The fourth-order valence-electron chi connectivity index (χ4n) is 3.14. The number of hydrogen-bond donors (Lipinski definition) is 0. The summed E-state index contributed by atoms with van der Waals surface area (Å²) in [6.45, 7) is 3.50. The number of ether oxygens (including phenoxy) is 1. The number of halogens is 2.